The summed E-state index contributed by atoms with van der Waals surface area (Å²) in [6.45, 7) is 7.61. The third kappa shape index (κ3) is 5.17. The normalized spacial score (nSPS) is 12.1. The SMILES string of the molecule is C=C[Si](C)(C)O[Si](Cl)Cl. The van der Waals surface area contributed by atoms with Crippen LogP contribution in [0.1, 0.15) is 0 Å². The fourth-order valence-corrected chi connectivity index (χ4v) is 5.74. The lowest BCUT2D eigenvalue weighted by Crippen LogP contribution is -2.31. The van der Waals surface area contributed by atoms with Crippen LogP contribution in [0.15, 0.2) is 12.3 Å². The maximum absolute atomic E-state index is 5.47. The van der Waals surface area contributed by atoms with Crippen LogP contribution in [0.25, 0.3) is 0 Å². The van der Waals surface area contributed by atoms with Crippen molar-refractivity contribution < 1.29 is 4.12 Å². The Bertz CT molecular complexity index is 105. The van der Waals surface area contributed by atoms with Crippen LogP contribution in [0.2, 0.25) is 13.1 Å². The predicted octanol–water partition coefficient (Wildman–Crippen LogP) is 2.40. The van der Waals surface area contributed by atoms with E-state index < -0.39 is 16.0 Å². The van der Waals surface area contributed by atoms with Crippen LogP contribution >= 0.6 is 22.2 Å². The van der Waals surface area contributed by atoms with Crippen molar-refractivity contribution in [2.75, 3.05) is 0 Å². The summed E-state index contributed by atoms with van der Waals surface area (Å²) in [5, 5.41) is 0. The van der Waals surface area contributed by atoms with Gasteiger partial charge < -0.3 is 4.12 Å². The number of halogens is 2. The second kappa shape index (κ2) is 3.78. The molecule has 9 heavy (non-hydrogen) atoms. The molecule has 0 atom stereocenters. The lowest BCUT2D eigenvalue weighted by atomic mass is 11.3. The minimum absolute atomic E-state index is 1.57. The van der Waals surface area contributed by atoms with E-state index >= 15 is 0 Å². The Balaban J connectivity index is 3.71. The van der Waals surface area contributed by atoms with E-state index in [4.69, 9.17) is 26.3 Å². The van der Waals surface area contributed by atoms with Gasteiger partial charge in [0.15, 0.2) is 8.32 Å². The Hall–Kier alpha value is 0.714. The van der Waals surface area contributed by atoms with E-state index in [0.717, 1.165) is 0 Å². The maximum Gasteiger partial charge on any atom is 0.427 e. The van der Waals surface area contributed by atoms with Crippen molar-refractivity contribution in [2.24, 2.45) is 0 Å². The average molecular weight is 200 g/mol. The van der Waals surface area contributed by atoms with Gasteiger partial charge in [-0.2, -0.15) is 0 Å². The minimum Gasteiger partial charge on any atom is -0.430 e. The Morgan fingerprint density at radius 2 is 2.00 bits per heavy atom. The predicted molar refractivity (Wildman–Crippen MR) is 46.2 cm³/mol. The zero-order valence-corrected chi connectivity index (χ0v) is 8.96. The van der Waals surface area contributed by atoms with Crippen LogP contribution in [0.5, 0.6) is 0 Å². The second-order valence-electron chi connectivity index (χ2n) is 2.14. The fourth-order valence-electron chi connectivity index (χ4n) is 0.241. The van der Waals surface area contributed by atoms with E-state index in [1.165, 1.54) is 0 Å². The number of rotatable bonds is 3. The summed E-state index contributed by atoms with van der Waals surface area (Å²) < 4.78 is 5.24. The number of hydrogen-bond donors (Lipinski definition) is 0. The number of hydrogen-bond acceptors (Lipinski definition) is 1. The van der Waals surface area contributed by atoms with Crippen LogP contribution in [0.4, 0.5) is 0 Å². The van der Waals surface area contributed by atoms with Crippen LogP contribution < -0.4 is 0 Å². The first-order valence-corrected chi connectivity index (χ1v) is 8.90. The van der Waals surface area contributed by atoms with Crippen molar-refractivity contribution in [1.29, 1.82) is 0 Å². The van der Waals surface area contributed by atoms with Crippen molar-refractivity contribution >= 4 is 38.1 Å². The summed E-state index contributed by atoms with van der Waals surface area (Å²) >= 11 is 10.9. The molecule has 0 saturated heterocycles. The monoisotopic (exact) mass is 199 g/mol. The van der Waals surface area contributed by atoms with Gasteiger partial charge in [0.05, 0.1) is 0 Å². The van der Waals surface area contributed by atoms with E-state index in [9.17, 15) is 0 Å². The first kappa shape index (κ1) is 9.71. The van der Waals surface area contributed by atoms with Gasteiger partial charge in [0.25, 0.3) is 0 Å². The highest BCUT2D eigenvalue weighted by molar-refractivity contribution is 7.32. The maximum atomic E-state index is 5.47. The Morgan fingerprint density at radius 3 is 2.11 bits per heavy atom. The summed E-state index contributed by atoms with van der Waals surface area (Å²) in [7, 11) is -3.26. The van der Waals surface area contributed by atoms with Crippen LogP contribution in [0.3, 0.4) is 0 Å². The van der Waals surface area contributed by atoms with Gasteiger partial charge in [-0.3, -0.25) is 0 Å². The molecule has 0 spiro atoms. The highest BCUT2D eigenvalue weighted by Crippen LogP contribution is 2.10. The largest absolute Gasteiger partial charge is 0.430 e. The van der Waals surface area contributed by atoms with Crippen LogP contribution in [-0.4, -0.2) is 16.0 Å². The molecule has 0 aromatic carbocycles. The summed E-state index contributed by atoms with van der Waals surface area (Å²) in [5.74, 6) is 0. The van der Waals surface area contributed by atoms with Crippen LogP contribution in [-0.2, 0) is 4.12 Å². The van der Waals surface area contributed by atoms with Gasteiger partial charge >= 0.3 is 7.66 Å². The van der Waals surface area contributed by atoms with Gasteiger partial charge in [-0.05, 0) is 13.1 Å². The van der Waals surface area contributed by atoms with E-state index in [2.05, 4.69) is 6.58 Å². The van der Waals surface area contributed by atoms with E-state index in [0.29, 0.717) is 0 Å². The molecule has 0 rings (SSSR count). The van der Waals surface area contributed by atoms with Gasteiger partial charge in [0.2, 0.25) is 0 Å². The highest BCUT2D eigenvalue weighted by Gasteiger charge is 2.22. The van der Waals surface area contributed by atoms with Crippen molar-refractivity contribution in [1.82, 2.24) is 0 Å². The zero-order valence-electron chi connectivity index (χ0n) is 5.45. The molecule has 0 bridgehead atoms. The van der Waals surface area contributed by atoms with Gasteiger partial charge in [-0.25, -0.2) is 0 Å². The zero-order chi connectivity index (χ0) is 7.49. The summed E-state index contributed by atoms with van der Waals surface area (Å²) in [6.07, 6.45) is 0. The Labute approximate surface area is 67.9 Å². The van der Waals surface area contributed by atoms with Crippen molar-refractivity contribution in [2.45, 2.75) is 13.1 Å². The molecule has 1 radical (unpaired) electrons. The molecule has 0 fully saturated rings. The third-order valence-electron chi connectivity index (χ3n) is 0.832. The molecular weight excluding hydrogens is 191 g/mol. The van der Waals surface area contributed by atoms with Crippen molar-refractivity contribution in [3.63, 3.8) is 0 Å². The fraction of sp³-hybridized carbons (Fsp3) is 0.500. The molecular formula is C4H9Cl2OSi2. The van der Waals surface area contributed by atoms with Crippen molar-refractivity contribution in [3.05, 3.63) is 12.3 Å². The second-order valence-corrected chi connectivity index (χ2v) is 9.66. The summed E-state index contributed by atoms with van der Waals surface area (Å²) in [5.41, 5.74) is 1.81. The molecule has 53 valence electrons. The molecule has 0 heterocycles. The molecule has 0 saturated carbocycles. The summed E-state index contributed by atoms with van der Waals surface area (Å²) in [4.78, 5) is 0. The summed E-state index contributed by atoms with van der Waals surface area (Å²) in [6, 6.07) is 0. The molecule has 0 aromatic heterocycles. The first-order chi connectivity index (χ1) is 3.98. The van der Waals surface area contributed by atoms with Gasteiger partial charge in [-0.1, -0.05) is 5.70 Å². The molecule has 0 aliphatic rings. The standard InChI is InChI=1S/C4H9Cl2OSi2/c1-4-9(2,3)7-8(5)6/h4H,1H2,2-3H3. The average Bonchev–Trinajstić information content (AvgIpc) is 1.63. The first-order valence-electron chi connectivity index (χ1n) is 2.48. The van der Waals surface area contributed by atoms with Gasteiger partial charge in [-0.15, -0.1) is 28.7 Å². The highest BCUT2D eigenvalue weighted by atomic mass is 35.7. The quantitative estimate of drug-likeness (QED) is 0.502. The Kier molecular flexibility index (Phi) is 4.08. The molecule has 5 heteroatoms. The molecule has 1 nitrogen and oxygen atoms in total. The molecule has 0 amide bonds. The molecule has 0 N–H and O–H groups in total. The lowest BCUT2D eigenvalue weighted by molar-refractivity contribution is 0.613. The lowest BCUT2D eigenvalue weighted by Gasteiger charge is -2.17. The van der Waals surface area contributed by atoms with Gasteiger partial charge in [0, 0.05) is 0 Å². The topological polar surface area (TPSA) is 9.23 Å². The molecule has 0 unspecified atom stereocenters. The van der Waals surface area contributed by atoms with E-state index in [1.807, 2.05) is 18.8 Å². The molecule has 0 aromatic rings. The Morgan fingerprint density at radius 1 is 1.56 bits per heavy atom. The smallest absolute Gasteiger partial charge is 0.427 e. The van der Waals surface area contributed by atoms with Crippen LogP contribution in [0, 0.1) is 0 Å². The van der Waals surface area contributed by atoms with Crippen molar-refractivity contribution in [3.8, 4) is 0 Å². The van der Waals surface area contributed by atoms with Gasteiger partial charge in [0.1, 0.15) is 0 Å². The van der Waals surface area contributed by atoms with E-state index in [-0.39, 0.29) is 0 Å². The minimum atomic E-state index is -1.70. The van der Waals surface area contributed by atoms with E-state index in [1.54, 1.807) is 0 Å². The molecule has 0 aliphatic carbocycles. The third-order valence-corrected chi connectivity index (χ3v) is 5.93. The molecule has 0 aliphatic heterocycles.